The summed E-state index contributed by atoms with van der Waals surface area (Å²) in [5.41, 5.74) is 1.54. The lowest BCUT2D eigenvalue weighted by Gasteiger charge is -2.32. The van der Waals surface area contributed by atoms with Crippen LogP contribution in [0.15, 0.2) is 36.5 Å². The van der Waals surface area contributed by atoms with Crippen LogP contribution in [0.25, 0.3) is 0 Å². The molecule has 1 N–H and O–H groups in total. The Kier molecular flexibility index (Phi) is 4.79. The topological polar surface area (TPSA) is 87.5 Å². The van der Waals surface area contributed by atoms with Gasteiger partial charge in [0.2, 0.25) is 12.7 Å². The standard InChI is InChI=1S/C20H20N4O3/c21-10-15-2-4-19(22-12-15)24-7-5-16(6-8-24)20(25)23-11-14-1-3-17-18(9-14)27-13-26-17/h1-4,9,12,16H,5-8,11,13H2,(H,23,25). The molecule has 1 amide bonds. The summed E-state index contributed by atoms with van der Waals surface area (Å²) in [5.74, 6) is 2.42. The van der Waals surface area contributed by atoms with E-state index in [9.17, 15) is 4.79 Å². The van der Waals surface area contributed by atoms with E-state index in [1.807, 2.05) is 24.3 Å². The molecule has 2 aromatic rings. The lowest BCUT2D eigenvalue weighted by molar-refractivity contribution is -0.125. The molecule has 1 saturated heterocycles. The molecule has 0 unspecified atom stereocenters. The zero-order chi connectivity index (χ0) is 18.6. The minimum atomic E-state index is 0.00800. The van der Waals surface area contributed by atoms with Gasteiger partial charge in [0.05, 0.1) is 5.56 Å². The lowest BCUT2D eigenvalue weighted by Crippen LogP contribution is -2.40. The van der Waals surface area contributed by atoms with E-state index in [0.717, 1.165) is 48.8 Å². The summed E-state index contributed by atoms with van der Waals surface area (Å²) in [7, 11) is 0. The minimum absolute atomic E-state index is 0.00800. The molecule has 1 aromatic heterocycles. The van der Waals surface area contributed by atoms with Gasteiger partial charge >= 0.3 is 0 Å². The Hall–Kier alpha value is -3.27. The number of rotatable bonds is 4. The number of ether oxygens (including phenoxy) is 2. The van der Waals surface area contributed by atoms with Crippen molar-refractivity contribution in [2.75, 3.05) is 24.8 Å². The number of benzene rings is 1. The van der Waals surface area contributed by atoms with E-state index in [0.29, 0.717) is 12.1 Å². The molecule has 2 aliphatic heterocycles. The maximum atomic E-state index is 12.5. The van der Waals surface area contributed by atoms with Gasteiger partial charge in [-0.15, -0.1) is 0 Å². The highest BCUT2D eigenvalue weighted by Crippen LogP contribution is 2.32. The van der Waals surface area contributed by atoms with Crippen LogP contribution < -0.4 is 19.7 Å². The molecule has 0 saturated carbocycles. The first-order valence-electron chi connectivity index (χ1n) is 9.00. The molecule has 7 heteroatoms. The molecule has 1 fully saturated rings. The molecule has 2 aliphatic rings. The molecule has 1 aromatic carbocycles. The molecular weight excluding hydrogens is 344 g/mol. The molecule has 0 radical (unpaired) electrons. The fourth-order valence-electron chi connectivity index (χ4n) is 3.39. The first-order valence-corrected chi connectivity index (χ1v) is 9.00. The van der Waals surface area contributed by atoms with Crippen LogP contribution >= 0.6 is 0 Å². The number of carbonyl (C=O) groups is 1. The molecule has 0 atom stereocenters. The van der Waals surface area contributed by atoms with Crippen molar-refractivity contribution >= 4 is 11.7 Å². The van der Waals surface area contributed by atoms with Crippen LogP contribution in [0.5, 0.6) is 11.5 Å². The smallest absolute Gasteiger partial charge is 0.231 e. The van der Waals surface area contributed by atoms with Gasteiger partial charge in [-0.1, -0.05) is 6.07 Å². The summed E-state index contributed by atoms with van der Waals surface area (Å²) >= 11 is 0. The fraction of sp³-hybridized carbons (Fsp3) is 0.350. The zero-order valence-electron chi connectivity index (χ0n) is 14.9. The second-order valence-corrected chi connectivity index (χ2v) is 6.68. The van der Waals surface area contributed by atoms with E-state index in [1.165, 1.54) is 0 Å². The molecule has 138 valence electrons. The molecule has 0 bridgehead atoms. The average molecular weight is 364 g/mol. The number of pyridine rings is 1. The first kappa shape index (κ1) is 17.2. The predicted octanol–water partition coefficient (Wildman–Crippen LogP) is 2.21. The average Bonchev–Trinajstić information content (AvgIpc) is 3.20. The lowest BCUT2D eigenvalue weighted by atomic mass is 9.95. The van der Waals surface area contributed by atoms with Crippen LogP contribution in [0.1, 0.15) is 24.0 Å². The summed E-state index contributed by atoms with van der Waals surface area (Å²) < 4.78 is 10.7. The van der Waals surface area contributed by atoms with Crippen LogP contribution in [0.2, 0.25) is 0 Å². The number of nitrogens with zero attached hydrogens (tertiary/aromatic N) is 3. The summed E-state index contributed by atoms with van der Waals surface area (Å²) in [6.07, 6.45) is 3.16. The van der Waals surface area contributed by atoms with E-state index in [1.54, 1.807) is 12.3 Å². The van der Waals surface area contributed by atoms with E-state index in [-0.39, 0.29) is 18.6 Å². The second-order valence-electron chi connectivity index (χ2n) is 6.68. The number of aromatic nitrogens is 1. The van der Waals surface area contributed by atoms with Gasteiger partial charge in [-0.25, -0.2) is 4.98 Å². The Morgan fingerprint density at radius 2 is 2.04 bits per heavy atom. The number of carbonyl (C=O) groups excluding carboxylic acids is 1. The highest BCUT2D eigenvalue weighted by molar-refractivity contribution is 5.79. The number of hydrogen-bond donors (Lipinski definition) is 1. The van der Waals surface area contributed by atoms with E-state index >= 15 is 0 Å². The van der Waals surface area contributed by atoms with Crippen LogP contribution in [-0.2, 0) is 11.3 Å². The van der Waals surface area contributed by atoms with E-state index < -0.39 is 0 Å². The number of amides is 1. The van der Waals surface area contributed by atoms with Crippen molar-refractivity contribution in [3.63, 3.8) is 0 Å². The third kappa shape index (κ3) is 3.80. The highest BCUT2D eigenvalue weighted by Gasteiger charge is 2.25. The van der Waals surface area contributed by atoms with E-state index in [4.69, 9.17) is 14.7 Å². The molecular formula is C20H20N4O3. The first-order chi connectivity index (χ1) is 13.2. The zero-order valence-corrected chi connectivity index (χ0v) is 14.9. The van der Waals surface area contributed by atoms with Crippen LogP contribution in [0.3, 0.4) is 0 Å². The van der Waals surface area contributed by atoms with Crippen LogP contribution in [0.4, 0.5) is 5.82 Å². The summed E-state index contributed by atoms with van der Waals surface area (Å²) in [4.78, 5) is 19.0. The normalized spacial score (nSPS) is 16.0. The minimum Gasteiger partial charge on any atom is -0.454 e. The van der Waals surface area contributed by atoms with Crippen LogP contribution in [0, 0.1) is 17.2 Å². The fourth-order valence-corrected chi connectivity index (χ4v) is 3.39. The predicted molar refractivity (Wildman–Crippen MR) is 98.3 cm³/mol. The Morgan fingerprint density at radius 1 is 1.22 bits per heavy atom. The number of piperidine rings is 1. The molecule has 0 aliphatic carbocycles. The largest absolute Gasteiger partial charge is 0.454 e. The van der Waals surface area contributed by atoms with Crippen molar-refractivity contribution in [2.45, 2.75) is 19.4 Å². The van der Waals surface area contributed by atoms with Gasteiger partial charge < -0.3 is 19.7 Å². The van der Waals surface area contributed by atoms with Gasteiger partial charge in [-0.05, 0) is 42.7 Å². The third-order valence-corrected chi connectivity index (χ3v) is 4.97. The number of anilines is 1. The van der Waals surface area contributed by atoms with Crippen molar-refractivity contribution in [3.05, 3.63) is 47.7 Å². The number of fused-ring (bicyclic) bond motifs is 1. The van der Waals surface area contributed by atoms with Gasteiger partial charge in [-0.3, -0.25) is 4.79 Å². The van der Waals surface area contributed by atoms with Gasteiger partial charge in [0.25, 0.3) is 0 Å². The van der Waals surface area contributed by atoms with Crippen molar-refractivity contribution in [2.24, 2.45) is 5.92 Å². The maximum Gasteiger partial charge on any atom is 0.231 e. The summed E-state index contributed by atoms with van der Waals surface area (Å²) in [5, 5.41) is 11.9. The molecule has 0 spiro atoms. The molecule has 27 heavy (non-hydrogen) atoms. The van der Waals surface area contributed by atoms with E-state index in [2.05, 4.69) is 21.3 Å². The van der Waals surface area contributed by atoms with Crippen molar-refractivity contribution in [1.29, 1.82) is 5.26 Å². The van der Waals surface area contributed by atoms with Crippen LogP contribution in [-0.4, -0.2) is 30.8 Å². The van der Waals surface area contributed by atoms with Crippen molar-refractivity contribution < 1.29 is 14.3 Å². The molecule has 4 rings (SSSR count). The van der Waals surface area contributed by atoms with Gasteiger partial charge in [0.1, 0.15) is 11.9 Å². The maximum absolute atomic E-state index is 12.5. The Labute approximate surface area is 157 Å². The monoisotopic (exact) mass is 364 g/mol. The van der Waals surface area contributed by atoms with Gasteiger partial charge in [0.15, 0.2) is 11.5 Å². The Balaban J connectivity index is 1.27. The van der Waals surface area contributed by atoms with Crippen molar-refractivity contribution in [1.82, 2.24) is 10.3 Å². The summed E-state index contributed by atoms with van der Waals surface area (Å²) in [6, 6.07) is 11.4. The number of hydrogen-bond acceptors (Lipinski definition) is 6. The summed E-state index contributed by atoms with van der Waals surface area (Å²) in [6.45, 7) is 2.28. The number of nitrogens with one attached hydrogen (secondary N) is 1. The van der Waals surface area contributed by atoms with Gasteiger partial charge in [-0.2, -0.15) is 5.26 Å². The van der Waals surface area contributed by atoms with Crippen molar-refractivity contribution in [3.8, 4) is 17.6 Å². The SMILES string of the molecule is N#Cc1ccc(N2CCC(C(=O)NCc3ccc4c(c3)OCO4)CC2)nc1. The quantitative estimate of drug-likeness (QED) is 0.895. The Bertz CT molecular complexity index is 868. The van der Waals surface area contributed by atoms with Gasteiger partial charge in [0, 0.05) is 31.7 Å². The molecule has 3 heterocycles. The number of nitriles is 1. The second kappa shape index (κ2) is 7.54. The Morgan fingerprint density at radius 3 is 2.78 bits per heavy atom. The highest BCUT2D eigenvalue weighted by atomic mass is 16.7. The third-order valence-electron chi connectivity index (χ3n) is 4.97. The molecule has 7 nitrogen and oxygen atoms in total.